The first kappa shape index (κ1) is 22.8. The molecule has 3 rings (SSSR count). The monoisotopic (exact) mass is 416 g/mol. The van der Waals surface area contributed by atoms with Gasteiger partial charge in [-0.15, -0.1) is 0 Å². The Morgan fingerprint density at radius 3 is 2.43 bits per heavy atom. The average Bonchev–Trinajstić information content (AvgIpc) is 2.68. The molecule has 2 aliphatic rings. The predicted octanol–water partition coefficient (Wildman–Crippen LogP) is 5.30. The van der Waals surface area contributed by atoms with Gasteiger partial charge in [0.2, 0.25) is 0 Å². The number of fused-ring (bicyclic) bond motifs is 2. The van der Waals surface area contributed by atoms with Crippen molar-refractivity contribution < 1.29 is 23.8 Å². The van der Waals surface area contributed by atoms with Crippen LogP contribution in [0, 0.1) is 23.2 Å². The molecule has 4 unspecified atom stereocenters. The van der Waals surface area contributed by atoms with Crippen molar-refractivity contribution >= 4 is 11.9 Å². The zero-order valence-corrected chi connectivity index (χ0v) is 19.0. The standard InChI is InChI=1S/C25H36O5/c1-6-24(23(27)29-21-9-7-19(8-10-21)15-28-5)13-20-11-18(4)12-25(14-20,16-24)30-22(26)17(2)3/h7-10,17-18,20H,6,11-16H2,1-5H3. The Morgan fingerprint density at radius 2 is 1.83 bits per heavy atom. The van der Waals surface area contributed by atoms with Crippen LogP contribution in [0.5, 0.6) is 5.75 Å². The molecule has 1 aromatic rings. The highest BCUT2D eigenvalue weighted by Gasteiger charge is 2.56. The number of benzene rings is 1. The maximum Gasteiger partial charge on any atom is 0.317 e. The fraction of sp³-hybridized carbons (Fsp3) is 0.680. The molecule has 5 heteroatoms. The topological polar surface area (TPSA) is 61.8 Å². The second-order valence-electron chi connectivity index (χ2n) is 9.86. The Morgan fingerprint density at radius 1 is 1.13 bits per heavy atom. The van der Waals surface area contributed by atoms with E-state index in [9.17, 15) is 9.59 Å². The Bertz CT molecular complexity index is 751. The quantitative estimate of drug-likeness (QED) is 0.446. The molecule has 2 bridgehead atoms. The summed E-state index contributed by atoms with van der Waals surface area (Å²) >= 11 is 0. The molecule has 5 nitrogen and oxygen atoms in total. The van der Waals surface area contributed by atoms with Crippen molar-refractivity contribution in [2.24, 2.45) is 23.2 Å². The number of methoxy groups -OCH3 is 1. The summed E-state index contributed by atoms with van der Waals surface area (Å²) < 4.78 is 17.1. The number of carbonyl (C=O) groups excluding carboxylic acids is 2. The number of carbonyl (C=O) groups is 2. The fourth-order valence-corrected chi connectivity index (χ4v) is 5.58. The molecule has 30 heavy (non-hydrogen) atoms. The lowest BCUT2D eigenvalue weighted by atomic mass is 9.56. The zero-order chi connectivity index (χ0) is 21.9. The van der Waals surface area contributed by atoms with Crippen LogP contribution >= 0.6 is 0 Å². The molecule has 0 radical (unpaired) electrons. The van der Waals surface area contributed by atoms with Crippen molar-refractivity contribution in [1.29, 1.82) is 0 Å². The first-order valence-electron chi connectivity index (χ1n) is 11.2. The molecule has 0 aromatic heterocycles. The fourth-order valence-electron chi connectivity index (χ4n) is 5.58. The van der Waals surface area contributed by atoms with Crippen LogP contribution in [-0.4, -0.2) is 24.6 Å². The maximum atomic E-state index is 13.4. The van der Waals surface area contributed by atoms with E-state index in [1.165, 1.54) is 0 Å². The van der Waals surface area contributed by atoms with Gasteiger partial charge < -0.3 is 14.2 Å². The third kappa shape index (κ3) is 4.88. The van der Waals surface area contributed by atoms with Gasteiger partial charge in [-0.3, -0.25) is 9.59 Å². The molecule has 4 atom stereocenters. The second kappa shape index (κ2) is 9.09. The number of ether oxygens (including phenoxy) is 3. The van der Waals surface area contributed by atoms with Crippen molar-refractivity contribution in [3.05, 3.63) is 29.8 Å². The molecule has 1 aromatic carbocycles. The van der Waals surface area contributed by atoms with Gasteiger partial charge in [-0.2, -0.15) is 0 Å². The van der Waals surface area contributed by atoms with Crippen LogP contribution in [0.1, 0.15) is 71.8 Å². The van der Waals surface area contributed by atoms with E-state index >= 15 is 0 Å². The summed E-state index contributed by atoms with van der Waals surface area (Å²) in [6.07, 6.45) is 4.78. The average molecular weight is 417 g/mol. The van der Waals surface area contributed by atoms with Gasteiger partial charge in [0.1, 0.15) is 11.4 Å². The van der Waals surface area contributed by atoms with Crippen molar-refractivity contribution in [3.63, 3.8) is 0 Å². The Kier molecular flexibility index (Phi) is 6.91. The van der Waals surface area contributed by atoms with E-state index < -0.39 is 11.0 Å². The summed E-state index contributed by atoms with van der Waals surface area (Å²) in [5, 5.41) is 0. The molecule has 0 heterocycles. The number of hydrogen-bond acceptors (Lipinski definition) is 5. The molecule has 2 saturated carbocycles. The highest BCUT2D eigenvalue weighted by molar-refractivity contribution is 5.80. The molecule has 0 saturated heterocycles. The summed E-state index contributed by atoms with van der Waals surface area (Å²) in [6.45, 7) is 8.52. The molecule has 0 N–H and O–H groups in total. The Balaban J connectivity index is 1.82. The third-order valence-electron chi connectivity index (χ3n) is 6.80. The first-order chi connectivity index (χ1) is 14.2. The zero-order valence-electron chi connectivity index (χ0n) is 19.0. The molecule has 2 fully saturated rings. The summed E-state index contributed by atoms with van der Waals surface area (Å²) in [5.41, 5.74) is -0.145. The van der Waals surface area contributed by atoms with E-state index in [2.05, 4.69) is 6.92 Å². The summed E-state index contributed by atoms with van der Waals surface area (Å²) in [6, 6.07) is 7.45. The molecule has 166 valence electrons. The van der Waals surface area contributed by atoms with Crippen LogP contribution in [0.15, 0.2) is 24.3 Å². The van der Waals surface area contributed by atoms with Gasteiger partial charge in [0.25, 0.3) is 0 Å². The van der Waals surface area contributed by atoms with Gasteiger partial charge in [-0.25, -0.2) is 0 Å². The summed E-state index contributed by atoms with van der Waals surface area (Å²) in [7, 11) is 1.65. The summed E-state index contributed by atoms with van der Waals surface area (Å²) in [4.78, 5) is 25.9. The lowest BCUT2D eigenvalue weighted by Crippen LogP contribution is -2.55. The maximum absolute atomic E-state index is 13.4. The molecule has 0 spiro atoms. The van der Waals surface area contributed by atoms with E-state index in [4.69, 9.17) is 14.2 Å². The van der Waals surface area contributed by atoms with Crippen LogP contribution in [0.25, 0.3) is 0 Å². The van der Waals surface area contributed by atoms with Crippen molar-refractivity contribution in [2.45, 2.75) is 78.4 Å². The van der Waals surface area contributed by atoms with E-state index in [1.54, 1.807) is 7.11 Å². The molecule has 2 aliphatic carbocycles. The largest absolute Gasteiger partial charge is 0.459 e. The van der Waals surface area contributed by atoms with Crippen LogP contribution in [0.2, 0.25) is 0 Å². The van der Waals surface area contributed by atoms with Gasteiger partial charge >= 0.3 is 11.9 Å². The number of esters is 2. The Labute approximate surface area is 180 Å². The van der Waals surface area contributed by atoms with E-state index in [0.717, 1.165) is 31.2 Å². The molecular formula is C25H36O5. The normalized spacial score (nSPS) is 30.7. The van der Waals surface area contributed by atoms with Crippen molar-refractivity contribution in [2.75, 3.05) is 7.11 Å². The highest BCUT2D eigenvalue weighted by atomic mass is 16.6. The summed E-state index contributed by atoms with van der Waals surface area (Å²) in [5.74, 6) is 0.864. The second-order valence-corrected chi connectivity index (χ2v) is 9.86. The van der Waals surface area contributed by atoms with E-state index in [-0.39, 0.29) is 17.9 Å². The van der Waals surface area contributed by atoms with Crippen LogP contribution < -0.4 is 4.74 Å². The van der Waals surface area contributed by atoms with Crippen molar-refractivity contribution in [1.82, 2.24) is 0 Å². The van der Waals surface area contributed by atoms with Crippen LogP contribution in [-0.2, 0) is 25.7 Å². The lowest BCUT2D eigenvalue weighted by Gasteiger charge is -2.53. The van der Waals surface area contributed by atoms with Gasteiger partial charge in [0.15, 0.2) is 0 Å². The van der Waals surface area contributed by atoms with Crippen LogP contribution in [0.3, 0.4) is 0 Å². The highest BCUT2D eigenvalue weighted by Crippen LogP contribution is 2.56. The van der Waals surface area contributed by atoms with Gasteiger partial charge in [-0.05, 0) is 61.6 Å². The van der Waals surface area contributed by atoms with Crippen molar-refractivity contribution in [3.8, 4) is 5.75 Å². The smallest absolute Gasteiger partial charge is 0.317 e. The van der Waals surface area contributed by atoms with Gasteiger partial charge in [0, 0.05) is 13.5 Å². The van der Waals surface area contributed by atoms with Gasteiger partial charge in [0.05, 0.1) is 17.9 Å². The predicted molar refractivity (Wildman–Crippen MR) is 115 cm³/mol. The Hall–Kier alpha value is -1.88. The SMILES string of the molecule is CCC1(C(=O)Oc2ccc(COC)cc2)CC2CC(C)CC(OC(=O)C(C)C)(C2)C1. The van der Waals surface area contributed by atoms with E-state index in [1.807, 2.05) is 45.0 Å². The van der Waals surface area contributed by atoms with Crippen LogP contribution in [0.4, 0.5) is 0 Å². The minimum atomic E-state index is -0.620. The molecule has 0 aliphatic heterocycles. The number of rotatable bonds is 7. The van der Waals surface area contributed by atoms with Gasteiger partial charge in [-0.1, -0.05) is 39.8 Å². The number of hydrogen-bond donors (Lipinski definition) is 0. The van der Waals surface area contributed by atoms with E-state index in [0.29, 0.717) is 37.0 Å². The first-order valence-corrected chi connectivity index (χ1v) is 11.2. The minimum Gasteiger partial charge on any atom is -0.459 e. The molecule has 0 amide bonds. The minimum absolute atomic E-state index is 0.170. The lowest BCUT2D eigenvalue weighted by molar-refractivity contribution is -0.192. The third-order valence-corrected chi connectivity index (χ3v) is 6.80. The molecular weight excluding hydrogens is 380 g/mol.